The normalized spacial score (nSPS) is 12.0. The van der Waals surface area contributed by atoms with Crippen LogP contribution in [0, 0.1) is 0 Å². The summed E-state index contributed by atoms with van der Waals surface area (Å²) in [5, 5.41) is 4.72. The van der Waals surface area contributed by atoms with Gasteiger partial charge in [-0.05, 0) is 29.7 Å². The minimum atomic E-state index is -4.51. The van der Waals surface area contributed by atoms with Gasteiger partial charge in [0.25, 0.3) is 0 Å². The molecular formula is C17H11F3N2OS. The molecule has 0 unspecified atom stereocenters. The molecule has 2 aromatic heterocycles. The first-order valence-electron chi connectivity index (χ1n) is 6.92. The molecule has 0 fully saturated rings. The zero-order valence-electron chi connectivity index (χ0n) is 12.2. The first-order valence-corrected chi connectivity index (χ1v) is 7.80. The van der Waals surface area contributed by atoms with E-state index in [9.17, 15) is 18.0 Å². The molecule has 0 bridgehead atoms. The minimum absolute atomic E-state index is 0.190. The van der Waals surface area contributed by atoms with Crippen molar-refractivity contribution in [1.29, 1.82) is 0 Å². The number of nitrogens with one attached hydrogen (secondary N) is 1. The number of rotatable bonds is 3. The van der Waals surface area contributed by atoms with Crippen molar-refractivity contribution in [3.63, 3.8) is 0 Å². The van der Waals surface area contributed by atoms with E-state index in [0.717, 1.165) is 10.9 Å². The highest BCUT2D eigenvalue weighted by Crippen LogP contribution is 2.35. The average Bonchev–Trinajstić information content (AvgIpc) is 3.05. The molecule has 0 spiro atoms. The Balaban J connectivity index is 1.91. The molecule has 2 heterocycles. The van der Waals surface area contributed by atoms with E-state index in [2.05, 4.69) is 10.3 Å². The molecule has 0 saturated heterocycles. The van der Waals surface area contributed by atoms with Crippen molar-refractivity contribution in [3.8, 4) is 0 Å². The number of carbonyl (C=O) groups excluding carboxylic acids is 1. The second-order valence-corrected chi connectivity index (χ2v) is 5.88. The van der Waals surface area contributed by atoms with Crippen LogP contribution in [0.15, 0.2) is 54.1 Å². The highest BCUT2D eigenvalue weighted by molar-refractivity contribution is 7.10. The molecule has 122 valence electrons. The van der Waals surface area contributed by atoms with E-state index >= 15 is 0 Å². The van der Waals surface area contributed by atoms with Crippen LogP contribution in [0.4, 0.5) is 18.9 Å². The van der Waals surface area contributed by atoms with Gasteiger partial charge in [-0.3, -0.25) is 9.78 Å². The Morgan fingerprint density at radius 2 is 2.00 bits per heavy atom. The first-order chi connectivity index (χ1) is 11.4. The van der Waals surface area contributed by atoms with Crippen LogP contribution in [0.5, 0.6) is 0 Å². The molecule has 1 N–H and O–H groups in total. The number of anilines is 1. The minimum Gasteiger partial charge on any atom is -0.322 e. The fourth-order valence-corrected chi connectivity index (χ4v) is 2.85. The number of para-hydroxylation sites is 1. The number of fused-ring (bicyclic) bond motifs is 1. The van der Waals surface area contributed by atoms with Crippen LogP contribution in [-0.4, -0.2) is 10.9 Å². The van der Waals surface area contributed by atoms with E-state index in [1.54, 1.807) is 6.08 Å². The van der Waals surface area contributed by atoms with E-state index in [1.165, 1.54) is 41.8 Å². The van der Waals surface area contributed by atoms with E-state index in [0.29, 0.717) is 0 Å². The summed E-state index contributed by atoms with van der Waals surface area (Å²) in [6, 6.07) is 8.94. The number of aromatic nitrogens is 1. The Bertz CT molecular complexity index is 902. The molecule has 0 aliphatic rings. The summed E-state index contributed by atoms with van der Waals surface area (Å²) in [6.45, 7) is 0. The van der Waals surface area contributed by atoms with Crippen LogP contribution in [-0.2, 0) is 11.0 Å². The molecule has 1 aromatic carbocycles. The van der Waals surface area contributed by atoms with Crippen LogP contribution in [0.2, 0.25) is 0 Å². The van der Waals surface area contributed by atoms with Gasteiger partial charge in [-0.15, -0.1) is 11.3 Å². The van der Waals surface area contributed by atoms with Crippen LogP contribution in [0.25, 0.3) is 17.0 Å². The Hall–Kier alpha value is -2.67. The average molecular weight is 348 g/mol. The third kappa shape index (κ3) is 3.46. The maximum Gasteiger partial charge on any atom is 0.418 e. The summed E-state index contributed by atoms with van der Waals surface area (Å²) >= 11 is 1.48. The van der Waals surface area contributed by atoms with E-state index in [4.69, 9.17) is 0 Å². The smallest absolute Gasteiger partial charge is 0.322 e. The number of amides is 1. The zero-order valence-corrected chi connectivity index (χ0v) is 13.0. The SMILES string of the molecule is O=C(/C=C/c1cccs1)Nc1ccnc2c(C(F)(F)F)cccc12. The molecule has 3 aromatic rings. The topological polar surface area (TPSA) is 42.0 Å². The fourth-order valence-electron chi connectivity index (χ4n) is 2.23. The Morgan fingerprint density at radius 1 is 1.17 bits per heavy atom. The monoisotopic (exact) mass is 348 g/mol. The van der Waals surface area contributed by atoms with E-state index in [-0.39, 0.29) is 16.6 Å². The largest absolute Gasteiger partial charge is 0.418 e. The van der Waals surface area contributed by atoms with Gasteiger partial charge in [-0.1, -0.05) is 18.2 Å². The highest BCUT2D eigenvalue weighted by atomic mass is 32.1. The van der Waals surface area contributed by atoms with Gasteiger partial charge < -0.3 is 5.32 Å². The first kappa shape index (κ1) is 16.2. The van der Waals surface area contributed by atoms with Crippen LogP contribution < -0.4 is 5.32 Å². The zero-order chi connectivity index (χ0) is 17.2. The van der Waals surface area contributed by atoms with Gasteiger partial charge in [-0.2, -0.15) is 13.2 Å². The summed E-state index contributed by atoms with van der Waals surface area (Å²) in [5.41, 5.74) is -0.734. The fraction of sp³-hybridized carbons (Fsp3) is 0.0588. The summed E-state index contributed by atoms with van der Waals surface area (Å²) in [4.78, 5) is 16.7. The van der Waals surface area contributed by atoms with Gasteiger partial charge in [0.05, 0.1) is 16.8 Å². The molecule has 0 aliphatic carbocycles. The van der Waals surface area contributed by atoms with Crippen LogP contribution in [0.3, 0.4) is 0 Å². The van der Waals surface area contributed by atoms with Crippen molar-refractivity contribution in [2.45, 2.75) is 6.18 Å². The Kier molecular flexibility index (Phi) is 4.35. The van der Waals surface area contributed by atoms with Gasteiger partial charge in [0, 0.05) is 22.5 Å². The molecule has 0 atom stereocenters. The predicted molar refractivity (Wildman–Crippen MR) is 88.7 cm³/mol. The van der Waals surface area contributed by atoms with E-state index < -0.39 is 17.6 Å². The van der Waals surface area contributed by atoms with Gasteiger partial charge in [-0.25, -0.2) is 0 Å². The van der Waals surface area contributed by atoms with Crippen LogP contribution >= 0.6 is 11.3 Å². The Labute approximate surface area is 139 Å². The molecule has 24 heavy (non-hydrogen) atoms. The number of nitrogens with zero attached hydrogens (tertiary/aromatic N) is 1. The quantitative estimate of drug-likeness (QED) is 0.679. The standard InChI is InChI=1S/C17H11F3N2OS/c18-17(19,20)13-5-1-4-12-14(8-9-21-16(12)13)22-15(23)7-6-11-3-2-10-24-11/h1-10H,(H,21,22,23)/b7-6+. The molecular weight excluding hydrogens is 337 g/mol. The third-order valence-electron chi connectivity index (χ3n) is 3.28. The van der Waals surface area contributed by atoms with Crippen LogP contribution in [0.1, 0.15) is 10.4 Å². The lowest BCUT2D eigenvalue weighted by Crippen LogP contribution is -2.10. The maximum absolute atomic E-state index is 13.1. The lowest BCUT2D eigenvalue weighted by molar-refractivity contribution is -0.136. The lowest BCUT2D eigenvalue weighted by atomic mass is 10.1. The number of carbonyl (C=O) groups is 1. The third-order valence-corrected chi connectivity index (χ3v) is 4.11. The summed E-state index contributed by atoms with van der Waals surface area (Å²) in [6.07, 6.45) is -0.277. The lowest BCUT2D eigenvalue weighted by Gasteiger charge is -2.12. The van der Waals surface area contributed by atoms with Crippen molar-refractivity contribution in [3.05, 3.63) is 64.5 Å². The predicted octanol–water partition coefficient (Wildman–Crippen LogP) is 4.97. The number of hydrogen-bond donors (Lipinski definition) is 1. The van der Waals surface area contributed by atoms with Crippen molar-refractivity contribution in [2.75, 3.05) is 5.32 Å². The molecule has 0 radical (unpaired) electrons. The van der Waals surface area contributed by atoms with Gasteiger partial charge >= 0.3 is 6.18 Å². The highest BCUT2D eigenvalue weighted by Gasteiger charge is 2.33. The van der Waals surface area contributed by atoms with Crippen molar-refractivity contribution < 1.29 is 18.0 Å². The maximum atomic E-state index is 13.1. The summed E-state index contributed by atoms with van der Waals surface area (Å²) in [7, 11) is 0. The van der Waals surface area contributed by atoms with Crippen molar-refractivity contribution >= 4 is 39.9 Å². The molecule has 1 amide bonds. The van der Waals surface area contributed by atoms with Gasteiger partial charge in [0.15, 0.2) is 0 Å². The number of benzene rings is 1. The molecule has 7 heteroatoms. The van der Waals surface area contributed by atoms with Gasteiger partial charge in [0.1, 0.15) is 0 Å². The molecule has 0 aliphatic heterocycles. The molecule has 3 rings (SSSR count). The molecule has 3 nitrogen and oxygen atoms in total. The Morgan fingerprint density at radius 3 is 2.71 bits per heavy atom. The number of thiophene rings is 1. The second-order valence-electron chi connectivity index (χ2n) is 4.90. The van der Waals surface area contributed by atoms with Gasteiger partial charge in [0.2, 0.25) is 5.91 Å². The number of hydrogen-bond acceptors (Lipinski definition) is 3. The number of halogens is 3. The molecule has 0 saturated carbocycles. The number of alkyl halides is 3. The number of pyridine rings is 1. The van der Waals surface area contributed by atoms with E-state index in [1.807, 2.05) is 17.5 Å². The second kappa shape index (κ2) is 6.45. The summed E-state index contributed by atoms with van der Waals surface area (Å²) in [5.74, 6) is -0.423. The summed E-state index contributed by atoms with van der Waals surface area (Å²) < 4.78 is 39.2. The van der Waals surface area contributed by atoms with Crippen molar-refractivity contribution in [1.82, 2.24) is 4.98 Å². The van der Waals surface area contributed by atoms with Crippen molar-refractivity contribution in [2.24, 2.45) is 0 Å².